The van der Waals surface area contributed by atoms with E-state index in [1.807, 2.05) is 4.90 Å². The van der Waals surface area contributed by atoms with Gasteiger partial charge in [-0.05, 0) is 24.9 Å². The summed E-state index contributed by atoms with van der Waals surface area (Å²) in [4.78, 5) is 6.12. The fraction of sp³-hybridized carbons (Fsp3) is 0.562. The Morgan fingerprint density at radius 3 is 2.85 bits per heavy atom. The summed E-state index contributed by atoms with van der Waals surface area (Å²) >= 11 is 0. The van der Waals surface area contributed by atoms with Crippen molar-refractivity contribution in [1.82, 2.24) is 10.3 Å². The number of rotatable bonds is 9. The first-order valence-electron chi connectivity index (χ1n) is 7.30. The van der Waals surface area contributed by atoms with Crippen LogP contribution in [0.1, 0.15) is 32.8 Å². The number of pyridine rings is 1. The van der Waals surface area contributed by atoms with E-state index in [4.69, 9.17) is 0 Å². The Morgan fingerprint density at radius 2 is 2.25 bits per heavy atom. The molecule has 0 aliphatic rings. The summed E-state index contributed by atoms with van der Waals surface area (Å²) < 4.78 is 14.5. The van der Waals surface area contributed by atoms with Crippen molar-refractivity contribution in [3.63, 3.8) is 0 Å². The van der Waals surface area contributed by atoms with Crippen molar-refractivity contribution in [3.8, 4) is 0 Å². The van der Waals surface area contributed by atoms with Crippen molar-refractivity contribution in [2.75, 3.05) is 24.5 Å². The smallest absolute Gasteiger partial charge is 0.170 e. The predicted octanol–water partition coefficient (Wildman–Crippen LogP) is 3.37. The standard InChI is InChI=1S/C16H26FN3/c1-5-9-20(10-6-2)16-15(17)14(7-8-19-16)12-18-11-13(3)4/h5,7-8,13,18H,1,6,9-12H2,2-4H3. The monoisotopic (exact) mass is 279 g/mol. The highest BCUT2D eigenvalue weighted by Gasteiger charge is 2.14. The van der Waals surface area contributed by atoms with Crippen molar-refractivity contribution in [1.29, 1.82) is 0 Å². The molecule has 0 saturated heterocycles. The average Bonchev–Trinajstić information content (AvgIpc) is 2.40. The number of aromatic nitrogens is 1. The van der Waals surface area contributed by atoms with Crippen LogP contribution >= 0.6 is 0 Å². The molecule has 0 atom stereocenters. The quantitative estimate of drug-likeness (QED) is 0.702. The minimum absolute atomic E-state index is 0.223. The summed E-state index contributed by atoms with van der Waals surface area (Å²) in [6, 6.07) is 1.74. The maximum atomic E-state index is 14.5. The van der Waals surface area contributed by atoms with Gasteiger partial charge in [0.1, 0.15) is 0 Å². The van der Waals surface area contributed by atoms with E-state index < -0.39 is 0 Å². The van der Waals surface area contributed by atoms with Gasteiger partial charge in [-0.3, -0.25) is 0 Å². The molecule has 1 aromatic rings. The van der Waals surface area contributed by atoms with Crippen molar-refractivity contribution in [2.24, 2.45) is 5.92 Å². The summed E-state index contributed by atoms with van der Waals surface area (Å²) in [6.45, 7) is 12.9. The van der Waals surface area contributed by atoms with Gasteiger partial charge in [-0.1, -0.05) is 26.8 Å². The summed E-state index contributed by atoms with van der Waals surface area (Å²) in [5.74, 6) is 0.756. The Bertz CT molecular complexity index is 418. The number of halogens is 1. The third-order valence-corrected chi connectivity index (χ3v) is 2.96. The maximum absolute atomic E-state index is 14.5. The van der Waals surface area contributed by atoms with Crippen molar-refractivity contribution in [3.05, 3.63) is 36.3 Å². The maximum Gasteiger partial charge on any atom is 0.170 e. The number of anilines is 1. The van der Waals surface area contributed by atoms with Gasteiger partial charge in [-0.25, -0.2) is 9.37 Å². The van der Waals surface area contributed by atoms with Crippen LogP contribution in [0.3, 0.4) is 0 Å². The van der Waals surface area contributed by atoms with Gasteiger partial charge in [0.05, 0.1) is 0 Å². The number of nitrogens with zero attached hydrogens (tertiary/aromatic N) is 2. The lowest BCUT2D eigenvalue weighted by atomic mass is 10.2. The third kappa shape index (κ3) is 4.93. The second-order valence-corrected chi connectivity index (χ2v) is 5.37. The van der Waals surface area contributed by atoms with Crippen LogP contribution in [0.5, 0.6) is 0 Å². The van der Waals surface area contributed by atoms with E-state index in [1.54, 1.807) is 18.3 Å². The lowest BCUT2D eigenvalue weighted by molar-refractivity contribution is 0.532. The fourth-order valence-corrected chi connectivity index (χ4v) is 2.03. The Kier molecular flexibility index (Phi) is 7.23. The van der Waals surface area contributed by atoms with Crippen LogP contribution in [0.2, 0.25) is 0 Å². The summed E-state index contributed by atoms with van der Waals surface area (Å²) in [7, 11) is 0. The molecular formula is C16H26FN3. The molecule has 0 spiro atoms. The Hall–Kier alpha value is -1.42. The van der Waals surface area contributed by atoms with Gasteiger partial charge in [0.2, 0.25) is 0 Å². The normalized spacial score (nSPS) is 10.8. The SMILES string of the molecule is C=CCN(CCC)c1nccc(CNCC(C)C)c1F. The first-order chi connectivity index (χ1) is 9.60. The minimum atomic E-state index is -0.223. The Labute approximate surface area is 121 Å². The van der Waals surface area contributed by atoms with Crippen LogP contribution in [0, 0.1) is 11.7 Å². The highest BCUT2D eigenvalue weighted by Crippen LogP contribution is 2.19. The Balaban J connectivity index is 2.83. The predicted molar refractivity (Wildman–Crippen MR) is 83.4 cm³/mol. The molecule has 1 heterocycles. The van der Waals surface area contributed by atoms with Crippen LogP contribution < -0.4 is 10.2 Å². The lowest BCUT2D eigenvalue weighted by Crippen LogP contribution is -2.27. The molecule has 1 aromatic heterocycles. The number of nitrogens with one attached hydrogen (secondary N) is 1. The fourth-order valence-electron chi connectivity index (χ4n) is 2.03. The van der Waals surface area contributed by atoms with Crippen LogP contribution in [0.4, 0.5) is 10.2 Å². The first kappa shape index (κ1) is 16.6. The van der Waals surface area contributed by atoms with Gasteiger partial charge < -0.3 is 10.2 Å². The van der Waals surface area contributed by atoms with E-state index in [0.717, 1.165) is 19.5 Å². The molecule has 20 heavy (non-hydrogen) atoms. The molecule has 3 nitrogen and oxygen atoms in total. The minimum Gasteiger partial charge on any atom is -0.350 e. The summed E-state index contributed by atoms with van der Waals surface area (Å²) in [5, 5.41) is 3.27. The van der Waals surface area contributed by atoms with E-state index >= 15 is 0 Å². The van der Waals surface area contributed by atoms with E-state index in [-0.39, 0.29) is 5.82 Å². The summed E-state index contributed by atoms with van der Waals surface area (Å²) in [6.07, 6.45) is 4.40. The molecule has 0 aliphatic heterocycles. The zero-order valence-corrected chi connectivity index (χ0v) is 12.8. The largest absolute Gasteiger partial charge is 0.350 e. The van der Waals surface area contributed by atoms with Gasteiger partial charge in [-0.15, -0.1) is 6.58 Å². The molecule has 1 rings (SSSR count). The number of hydrogen-bond acceptors (Lipinski definition) is 3. The van der Waals surface area contributed by atoms with Crippen LogP contribution in [-0.2, 0) is 6.54 Å². The molecule has 0 fully saturated rings. The van der Waals surface area contributed by atoms with E-state index in [9.17, 15) is 4.39 Å². The first-order valence-corrected chi connectivity index (χ1v) is 7.30. The molecule has 0 aromatic carbocycles. The molecule has 0 saturated carbocycles. The third-order valence-electron chi connectivity index (χ3n) is 2.96. The van der Waals surface area contributed by atoms with Gasteiger partial charge in [0.25, 0.3) is 0 Å². The van der Waals surface area contributed by atoms with Crippen LogP contribution in [0.25, 0.3) is 0 Å². The summed E-state index contributed by atoms with van der Waals surface area (Å²) in [5.41, 5.74) is 0.667. The molecule has 4 heteroatoms. The second kappa shape index (κ2) is 8.69. The highest BCUT2D eigenvalue weighted by atomic mass is 19.1. The average molecular weight is 279 g/mol. The molecule has 0 unspecified atom stereocenters. The topological polar surface area (TPSA) is 28.2 Å². The Morgan fingerprint density at radius 1 is 1.50 bits per heavy atom. The van der Waals surface area contributed by atoms with Gasteiger partial charge in [0.15, 0.2) is 11.6 Å². The van der Waals surface area contributed by atoms with Gasteiger partial charge in [0, 0.05) is 31.4 Å². The van der Waals surface area contributed by atoms with Gasteiger partial charge in [-0.2, -0.15) is 0 Å². The second-order valence-electron chi connectivity index (χ2n) is 5.37. The van der Waals surface area contributed by atoms with Gasteiger partial charge >= 0.3 is 0 Å². The van der Waals surface area contributed by atoms with Crippen molar-refractivity contribution < 1.29 is 4.39 Å². The van der Waals surface area contributed by atoms with E-state index in [2.05, 4.69) is 37.7 Å². The molecule has 0 aliphatic carbocycles. The molecule has 0 radical (unpaired) electrons. The molecule has 1 N–H and O–H groups in total. The lowest BCUT2D eigenvalue weighted by Gasteiger charge is -2.22. The zero-order chi connectivity index (χ0) is 15.0. The molecular weight excluding hydrogens is 253 g/mol. The van der Waals surface area contributed by atoms with Crippen LogP contribution in [-0.4, -0.2) is 24.6 Å². The van der Waals surface area contributed by atoms with E-state index in [1.165, 1.54) is 0 Å². The highest BCUT2D eigenvalue weighted by molar-refractivity contribution is 5.43. The number of hydrogen-bond donors (Lipinski definition) is 1. The van der Waals surface area contributed by atoms with E-state index in [0.29, 0.717) is 30.4 Å². The molecule has 0 amide bonds. The molecule has 0 bridgehead atoms. The van der Waals surface area contributed by atoms with Crippen molar-refractivity contribution >= 4 is 5.82 Å². The van der Waals surface area contributed by atoms with Crippen molar-refractivity contribution in [2.45, 2.75) is 33.7 Å². The molecule has 112 valence electrons. The van der Waals surface area contributed by atoms with Crippen LogP contribution in [0.15, 0.2) is 24.9 Å². The zero-order valence-electron chi connectivity index (χ0n) is 12.8.